The summed E-state index contributed by atoms with van der Waals surface area (Å²) in [7, 11) is 1.92. The average molecular weight is 318 g/mol. The maximum absolute atomic E-state index is 9.48. The van der Waals surface area contributed by atoms with Crippen LogP contribution >= 0.6 is 15.9 Å². The molecule has 0 amide bonds. The lowest BCUT2D eigenvalue weighted by atomic mass is 9.91. The molecule has 0 aliphatic carbocycles. The van der Waals surface area contributed by atoms with E-state index in [-0.39, 0.29) is 12.1 Å². The normalized spacial score (nSPS) is 14.8. The van der Waals surface area contributed by atoms with Crippen LogP contribution < -0.4 is 5.32 Å². The minimum atomic E-state index is -0.146. The Morgan fingerprint density at radius 1 is 1.44 bits per heavy atom. The Labute approximate surface area is 118 Å². The predicted molar refractivity (Wildman–Crippen MR) is 77.8 cm³/mol. The number of aromatic nitrogens is 2. The third-order valence-electron chi connectivity index (χ3n) is 3.83. The molecule has 1 unspecified atom stereocenters. The van der Waals surface area contributed by atoms with Crippen molar-refractivity contribution in [3.05, 3.63) is 15.9 Å². The molecule has 0 spiro atoms. The van der Waals surface area contributed by atoms with Gasteiger partial charge in [0.2, 0.25) is 0 Å². The van der Waals surface area contributed by atoms with Crippen LogP contribution in [-0.4, -0.2) is 34.1 Å². The first-order chi connectivity index (χ1) is 8.49. The number of rotatable bonds is 7. The van der Waals surface area contributed by atoms with Crippen molar-refractivity contribution in [1.82, 2.24) is 15.1 Å². The van der Waals surface area contributed by atoms with Crippen LogP contribution in [0.25, 0.3) is 0 Å². The Bertz CT molecular complexity index is 378. The Kier molecular flexibility index (Phi) is 5.82. The SMILES string of the molecule is CCC(CO)(CCCn1nc(C)c(Br)c1C)NC. The fraction of sp³-hybridized carbons (Fsp3) is 0.769. The highest BCUT2D eigenvalue weighted by Gasteiger charge is 2.24. The summed E-state index contributed by atoms with van der Waals surface area (Å²) < 4.78 is 3.13. The minimum Gasteiger partial charge on any atom is -0.394 e. The number of nitrogens with one attached hydrogen (secondary N) is 1. The Balaban J connectivity index is 2.58. The van der Waals surface area contributed by atoms with Gasteiger partial charge in [-0.15, -0.1) is 0 Å². The van der Waals surface area contributed by atoms with Crippen molar-refractivity contribution in [3.8, 4) is 0 Å². The van der Waals surface area contributed by atoms with Gasteiger partial charge in [-0.3, -0.25) is 4.68 Å². The van der Waals surface area contributed by atoms with Crippen LogP contribution in [0.1, 0.15) is 37.6 Å². The molecule has 5 heteroatoms. The average Bonchev–Trinajstić information content (AvgIpc) is 2.63. The van der Waals surface area contributed by atoms with Crippen LogP contribution in [0.15, 0.2) is 4.47 Å². The molecule has 2 N–H and O–H groups in total. The highest BCUT2D eigenvalue weighted by atomic mass is 79.9. The van der Waals surface area contributed by atoms with E-state index < -0.39 is 0 Å². The Hall–Kier alpha value is -0.390. The standard InChI is InChI=1S/C13H24BrN3O/c1-5-13(9-18,15-4)7-6-8-17-11(3)12(14)10(2)16-17/h15,18H,5-9H2,1-4H3. The van der Waals surface area contributed by atoms with Gasteiger partial charge in [0.25, 0.3) is 0 Å². The third-order valence-corrected chi connectivity index (χ3v) is 4.98. The topological polar surface area (TPSA) is 50.1 Å². The first kappa shape index (κ1) is 15.7. The summed E-state index contributed by atoms with van der Waals surface area (Å²) in [4.78, 5) is 0. The second kappa shape index (κ2) is 6.68. The monoisotopic (exact) mass is 317 g/mol. The van der Waals surface area contributed by atoms with Gasteiger partial charge in [-0.2, -0.15) is 5.10 Å². The lowest BCUT2D eigenvalue weighted by molar-refractivity contribution is 0.150. The van der Waals surface area contributed by atoms with Gasteiger partial charge < -0.3 is 10.4 Å². The van der Waals surface area contributed by atoms with Crippen LogP contribution in [0.3, 0.4) is 0 Å². The number of hydrogen-bond donors (Lipinski definition) is 2. The van der Waals surface area contributed by atoms with E-state index in [9.17, 15) is 5.11 Å². The number of aliphatic hydroxyl groups excluding tert-OH is 1. The summed E-state index contributed by atoms with van der Waals surface area (Å²) in [5.41, 5.74) is 2.06. The number of nitrogens with zero attached hydrogens (tertiary/aromatic N) is 2. The summed E-state index contributed by atoms with van der Waals surface area (Å²) in [5.74, 6) is 0. The third kappa shape index (κ3) is 3.33. The lowest BCUT2D eigenvalue weighted by Gasteiger charge is -2.30. The highest BCUT2D eigenvalue weighted by Crippen LogP contribution is 2.21. The molecule has 1 rings (SSSR count). The van der Waals surface area contributed by atoms with Crippen molar-refractivity contribution in [2.24, 2.45) is 0 Å². The summed E-state index contributed by atoms with van der Waals surface area (Å²) >= 11 is 3.54. The summed E-state index contributed by atoms with van der Waals surface area (Å²) in [6.45, 7) is 7.25. The molecule has 0 saturated carbocycles. The van der Waals surface area contributed by atoms with E-state index in [0.29, 0.717) is 0 Å². The first-order valence-corrected chi connectivity index (χ1v) is 7.28. The van der Waals surface area contributed by atoms with Crippen LogP contribution in [0.2, 0.25) is 0 Å². The van der Waals surface area contributed by atoms with Gasteiger partial charge in [0.05, 0.1) is 16.8 Å². The van der Waals surface area contributed by atoms with Gasteiger partial charge >= 0.3 is 0 Å². The largest absolute Gasteiger partial charge is 0.394 e. The molecule has 0 saturated heterocycles. The zero-order valence-corrected chi connectivity index (χ0v) is 13.3. The van der Waals surface area contributed by atoms with Crippen molar-refractivity contribution in [2.75, 3.05) is 13.7 Å². The molecule has 0 aliphatic rings. The van der Waals surface area contributed by atoms with E-state index in [0.717, 1.165) is 36.0 Å². The smallest absolute Gasteiger partial charge is 0.0738 e. The molecule has 1 aromatic heterocycles. The maximum atomic E-state index is 9.48. The van der Waals surface area contributed by atoms with Crippen molar-refractivity contribution in [3.63, 3.8) is 0 Å². The van der Waals surface area contributed by atoms with E-state index in [4.69, 9.17) is 0 Å². The summed E-state index contributed by atoms with van der Waals surface area (Å²) in [6, 6.07) is 0. The van der Waals surface area contributed by atoms with E-state index >= 15 is 0 Å². The number of halogens is 1. The van der Waals surface area contributed by atoms with Gasteiger partial charge in [-0.25, -0.2) is 0 Å². The van der Waals surface area contributed by atoms with Crippen molar-refractivity contribution < 1.29 is 5.11 Å². The maximum Gasteiger partial charge on any atom is 0.0738 e. The van der Waals surface area contributed by atoms with Crippen LogP contribution in [0, 0.1) is 13.8 Å². The van der Waals surface area contributed by atoms with E-state index in [1.807, 2.05) is 18.7 Å². The van der Waals surface area contributed by atoms with Crippen LogP contribution in [0.4, 0.5) is 0 Å². The molecule has 4 nitrogen and oxygen atoms in total. The molecule has 0 aromatic carbocycles. The lowest BCUT2D eigenvalue weighted by Crippen LogP contribution is -2.46. The first-order valence-electron chi connectivity index (χ1n) is 6.49. The second-order valence-corrected chi connectivity index (χ2v) is 5.65. The molecule has 0 bridgehead atoms. The minimum absolute atomic E-state index is 0.146. The number of aryl methyl sites for hydroxylation is 2. The summed E-state index contributed by atoms with van der Waals surface area (Å²) in [5, 5.41) is 17.2. The van der Waals surface area contributed by atoms with Gasteiger partial charge in [0, 0.05) is 17.8 Å². The predicted octanol–water partition coefficient (Wildman–Crippen LogP) is 2.40. The number of hydrogen-bond acceptors (Lipinski definition) is 3. The molecule has 1 atom stereocenters. The molecule has 1 heterocycles. The molecule has 0 radical (unpaired) electrons. The molecule has 0 fully saturated rings. The van der Waals surface area contributed by atoms with Gasteiger partial charge in [0.1, 0.15) is 0 Å². The zero-order valence-electron chi connectivity index (χ0n) is 11.8. The van der Waals surface area contributed by atoms with Crippen LogP contribution in [-0.2, 0) is 6.54 Å². The molecular weight excluding hydrogens is 294 g/mol. The molecular formula is C13H24BrN3O. The van der Waals surface area contributed by atoms with Gasteiger partial charge in [-0.05, 0) is 56.1 Å². The number of likely N-dealkylation sites (N-methyl/N-ethyl adjacent to an activating group) is 1. The van der Waals surface area contributed by atoms with E-state index in [2.05, 4.69) is 40.2 Å². The molecule has 104 valence electrons. The number of aliphatic hydroxyl groups is 1. The quantitative estimate of drug-likeness (QED) is 0.812. The second-order valence-electron chi connectivity index (χ2n) is 4.85. The van der Waals surface area contributed by atoms with E-state index in [1.54, 1.807) is 0 Å². The molecule has 18 heavy (non-hydrogen) atoms. The van der Waals surface area contributed by atoms with Gasteiger partial charge in [-0.1, -0.05) is 6.92 Å². The Morgan fingerprint density at radius 3 is 2.50 bits per heavy atom. The fourth-order valence-corrected chi connectivity index (χ4v) is 2.49. The Morgan fingerprint density at radius 2 is 2.11 bits per heavy atom. The summed E-state index contributed by atoms with van der Waals surface area (Å²) in [6.07, 6.45) is 2.89. The zero-order chi connectivity index (χ0) is 13.8. The van der Waals surface area contributed by atoms with Crippen molar-refractivity contribution in [2.45, 2.75) is 52.1 Å². The van der Waals surface area contributed by atoms with Gasteiger partial charge in [0.15, 0.2) is 0 Å². The van der Waals surface area contributed by atoms with E-state index in [1.165, 1.54) is 5.69 Å². The molecule has 0 aliphatic heterocycles. The fourth-order valence-electron chi connectivity index (χ4n) is 2.21. The van der Waals surface area contributed by atoms with Crippen molar-refractivity contribution in [1.29, 1.82) is 0 Å². The molecule has 1 aromatic rings. The van der Waals surface area contributed by atoms with Crippen molar-refractivity contribution >= 4 is 15.9 Å². The highest BCUT2D eigenvalue weighted by molar-refractivity contribution is 9.10. The van der Waals surface area contributed by atoms with Crippen LogP contribution in [0.5, 0.6) is 0 Å².